The molecule has 0 aromatic heterocycles. The molecule has 0 aliphatic rings. The topological polar surface area (TPSA) is 107 Å². The predicted molar refractivity (Wildman–Crippen MR) is 71.1 cm³/mol. The largest absolute Gasteiger partial charge is 0.508 e. The maximum Gasteiger partial charge on any atom is 0.335 e. The Bertz CT molecular complexity index is 709. The zero-order valence-electron chi connectivity index (χ0n) is 10.5. The lowest BCUT2D eigenvalue weighted by atomic mass is 10.1. The van der Waals surface area contributed by atoms with E-state index in [0.29, 0.717) is 0 Å². The molecular formula is C14H10FNO5. The van der Waals surface area contributed by atoms with Gasteiger partial charge in [0.15, 0.2) is 0 Å². The van der Waals surface area contributed by atoms with Gasteiger partial charge < -0.3 is 20.6 Å². The molecule has 2 aromatic carbocycles. The summed E-state index contributed by atoms with van der Waals surface area (Å²) in [6, 6.07) is 6.13. The molecule has 0 radical (unpaired) electrons. The number of phenolic OH excluding ortho intramolecular Hbond substituents is 2. The van der Waals surface area contributed by atoms with Crippen molar-refractivity contribution in [3.8, 4) is 11.5 Å². The summed E-state index contributed by atoms with van der Waals surface area (Å²) in [5.74, 6) is -3.54. The molecule has 7 heteroatoms. The molecule has 2 aromatic rings. The lowest BCUT2D eigenvalue weighted by molar-refractivity contribution is 0.0696. The van der Waals surface area contributed by atoms with Crippen LogP contribution in [0.25, 0.3) is 0 Å². The number of carboxylic acid groups (broad SMARTS) is 1. The molecular weight excluding hydrogens is 281 g/mol. The Morgan fingerprint density at radius 3 is 2.14 bits per heavy atom. The molecule has 0 aliphatic carbocycles. The number of phenols is 2. The first-order chi connectivity index (χ1) is 9.86. The van der Waals surface area contributed by atoms with Gasteiger partial charge in [0.1, 0.15) is 17.3 Å². The van der Waals surface area contributed by atoms with Gasteiger partial charge in [-0.15, -0.1) is 0 Å². The van der Waals surface area contributed by atoms with E-state index in [2.05, 4.69) is 5.32 Å². The number of halogens is 1. The van der Waals surface area contributed by atoms with E-state index in [1.807, 2.05) is 0 Å². The number of rotatable bonds is 3. The highest BCUT2D eigenvalue weighted by Crippen LogP contribution is 2.22. The number of benzene rings is 2. The number of hydrogen-bond acceptors (Lipinski definition) is 4. The van der Waals surface area contributed by atoms with Gasteiger partial charge in [0, 0.05) is 11.6 Å². The molecule has 1 amide bonds. The van der Waals surface area contributed by atoms with E-state index >= 15 is 0 Å². The smallest absolute Gasteiger partial charge is 0.335 e. The molecule has 0 saturated heterocycles. The van der Waals surface area contributed by atoms with Crippen molar-refractivity contribution >= 4 is 17.6 Å². The van der Waals surface area contributed by atoms with Gasteiger partial charge in [-0.3, -0.25) is 4.79 Å². The molecule has 0 bridgehead atoms. The van der Waals surface area contributed by atoms with Crippen molar-refractivity contribution in [1.29, 1.82) is 0 Å². The average molecular weight is 291 g/mol. The van der Waals surface area contributed by atoms with E-state index in [4.69, 9.17) is 5.11 Å². The van der Waals surface area contributed by atoms with Crippen molar-refractivity contribution in [2.75, 3.05) is 5.32 Å². The Morgan fingerprint density at radius 1 is 0.952 bits per heavy atom. The van der Waals surface area contributed by atoms with Gasteiger partial charge in [0.2, 0.25) is 0 Å². The molecule has 0 spiro atoms. The molecule has 0 aliphatic heterocycles. The lowest BCUT2D eigenvalue weighted by Crippen LogP contribution is -2.13. The highest BCUT2D eigenvalue weighted by molar-refractivity contribution is 6.05. The summed E-state index contributed by atoms with van der Waals surface area (Å²) in [6.45, 7) is 0. The molecule has 0 heterocycles. The minimum Gasteiger partial charge on any atom is -0.508 e. The maximum absolute atomic E-state index is 13.6. The maximum atomic E-state index is 13.6. The number of carbonyl (C=O) groups is 2. The molecule has 0 atom stereocenters. The third kappa shape index (κ3) is 3.27. The minimum absolute atomic E-state index is 0.104. The zero-order valence-corrected chi connectivity index (χ0v) is 10.5. The van der Waals surface area contributed by atoms with Crippen LogP contribution in [-0.4, -0.2) is 27.2 Å². The third-order valence-electron chi connectivity index (χ3n) is 2.63. The Balaban J connectivity index is 2.31. The fourth-order valence-corrected chi connectivity index (χ4v) is 1.67. The second kappa shape index (κ2) is 5.49. The Hall–Kier alpha value is -3.09. The van der Waals surface area contributed by atoms with Crippen LogP contribution in [-0.2, 0) is 0 Å². The van der Waals surface area contributed by atoms with Crippen molar-refractivity contribution in [2.45, 2.75) is 0 Å². The molecule has 2 rings (SSSR count). The summed E-state index contributed by atoms with van der Waals surface area (Å²) in [5.41, 5.74) is -0.610. The normalized spacial score (nSPS) is 10.1. The van der Waals surface area contributed by atoms with Crippen LogP contribution in [0.4, 0.5) is 10.1 Å². The van der Waals surface area contributed by atoms with Crippen LogP contribution in [0.15, 0.2) is 36.4 Å². The van der Waals surface area contributed by atoms with E-state index in [0.717, 1.165) is 36.4 Å². The van der Waals surface area contributed by atoms with Gasteiger partial charge in [-0.05, 0) is 30.3 Å². The Kier molecular flexibility index (Phi) is 3.75. The number of anilines is 1. The monoisotopic (exact) mass is 291 g/mol. The van der Waals surface area contributed by atoms with Crippen LogP contribution in [0.3, 0.4) is 0 Å². The summed E-state index contributed by atoms with van der Waals surface area (Å²) in [6.07, 6.45) is 0. The van der Waals surface area contributed by atoms with E-state index in [-0.39, 0.29) is 28.3 Å². The summed E-state index contributed by atoms with van der Waals surface area (Å²) >= 11 is 0. The zero-order chi connectivity index (χ0) is 15.6. The van der Waals surface area contributed by atoms with Crippen LogP contribution in [0.5, 0.6) is 11.5 Å². The van der Waals surface area contributed by atoms with Gasteiger partial charge in [-0.25, -0.2) is 9.18 Å². The molecule has 6 nitrogen and oxygen atoms in total. The van der Waals surface area contributed by atoms with Crippen LogP contribution in [0.2, 0.25) is 0 Å². The van der Waals surface area contributed by atoms with E-state index < -0.39 is 17.7 Å². The standard InChI is InChI=1S/C14H10FNO5/c15-11-2-1-7(14(20)21)5-12(11)16-13(19)8-3-9(17)6-10(18)4-8/h1-6,17-18H,(H,16,19)(H,20,21). The number of carbonyl (C=O) groups excluding carboxylic acids is 1. The lowest BCUT2D eigenvalue weighted by Gasteiger charge is -2.08. The quantitative estimate of drug-likeness (QED) is 0.693. The summed E-state index contributed by atoms with van der Waals surface area (Å²) in [5, 5.41) is 29.6. The third-order valence-corrected chi connectivity index (χ3v) is 2.63. The van der Waals surface area contributed by atoms with Crippen molar-refractivity contribution in [1.82, 2.24) is 0 Å². The van der Waals surface area contributed by atoms with Crippen molar-refractivity contribution < 1.29 is 29.3 Å². The molecule has 0 saturated carbocycles. The Morgan fingerprint density at radius 2 is 1.57 bits per heavy atom. The first kappa shape index (κ1) is 14.3. The van der Waals surface area contributed by atoms with Crippen LogP contribution in [0, 0.1) is 5.82 Å². The fraction of sp³-hybridized carbons (Fsp3) is 0. The predicted octanol–water partition coefficient (Wildman–Crippen LogP) is 2.19. The first-order valence-electron chi connectivity index (χ1n) is 5.74. The van der Waals surface area contributed by atoms with Gasteiger partial charge in [0.05, 0.1) is 11.3 Å². The second-order valence-electron chi connectivity index (χ2n) is 4.19. The molecule has 0 unspecified atom stereocenters. The van der Waals surface area contributed by atoms with Crippen LogP contribution in [0.1, 0.15) is 20.7 Å². The van der Waals surface area contributed by atoms with Crippen LogP contribution >= 0.6 is 0 Å². The van der Waals surface area contributed by atoms with Crippen molar-refractivity contribution in [3.05, 3.63) is 53.3 Å². The van der Waals surface area contributed by atoms with Crippen molar-refractivity contribution in [2.24, 2.45) is 0 Å². The number of aromatic carboxylic acids is 1. The highest BCUT2D eigenvalue weighted by Gasteiger charge is 2.13. The number of nitrogens with one attached hydrogen (secondary N) is 1. The first-order valence-corrected chi connectivity index (χ1v) is 5.74. The minimum atomic E-state index is -1.26. The van der Waals surface area contributed by atoms with E-state index in [9.17, 15) is 24.2 Å². The van der Waals surface area contributed by atoms with Crippen molar-refractivity contribution in [3.63, 3.8) is 0 Å². The van der Waals surface area contributed by atoms with Gasteiger partial charge >= 0.3 is 5.97 Å². The summed E-state index contributed by atoms with van der Waals surface area (Å²) < 4.78 is 13.6. The van der Waals surface area contributed by atoms with E-state index in [1.165, 1.54) is 0 Å². The van der Waals surface area contributed by atoms with Crippen LogP contribution < -0.4 is 5.32 Å². The fourth-order valence-electron chi connectivity index (χ4n) is 1.67. The number of aromatic hydroxyl groups is 2. The molecule has 4 N–H and O–H groups in total. The van der Waals surface area contributed by atoms with Gasteiger partial charge in [0.25, 0.3) is 5.91 Å². The SMILES string of the molecule is O=C(O)c1ccc(F)c(NC(=O)c2cc(O)cc(O)c2)c1. The number of amides is 1. The number of hydrogen-bond donors (Lipinski definition) is 4. The second-order valence-corrected chi connectivity index (χ2v) is 4.19. The molecule has 0 fully saturated rings. The molecule has 21 heavy (non-hydrogen) atoms. The summed E-state index contributed by atoms with van der Waals surface area (Å²) in [4.78, 5) is 22.7. The number of carboxylic acids is 1. The Labute approximate surface area is 118 Å². The van der Waals surface area contributed by atoms with E-state index in [1.54, 1.807) is 0 Å². The summed E-state index contributed by atoms with van der Waals surface area (Å²) in [7, 11) is 0. The van der Waals surface area contributed by atoms with Gasteiger partial charge in [-0.2, -0.15) is 0 Å². The molecule has 108 valence electrons. The van der Waals surface area contributed by atoms with Gasteiger partial charge in [-0.1, -0.05) is 0 Å². The highest BCUT2D eigenvalue weighted by atomic mass is 19.1. The average Bonchev–Trinajstić information content (AvgIpc) is 2.39.